The highest BCUT2D eigenvalue weighted by Crippen LogP contribution is 2.26. The van der Waals surface area contributed by atoms with Crippen LogP contribution >= 0.6 is 38.9 Å². The number of nitrogens with one attached hydrogen (secondary N) is 1. The number of benzene rings is 1. The van der Waals surface area contributed by atoms with Crippen LogP contribution in [0, 0.1) is 0 Å². The lowest BCUT2D eigenvalue weighted by molar-refractivity contribution is 0.0526. The lowest BCUT2D eigenvalue weighted by atomic mass is 10.2. The molecule has 0 radical (unpaired) electrons. The van der Waals surface area contributed by atoms with Gasteiger partial charge in [0.2, 0.25) is 0 Å². The van der Waals surface area contributed by atoms with E-state index in [1.807, 2.05) is 18.2 Å². The first-order chi connectivity index (χ1) is 9.60. The fraction of sp³-hybridized carbons (Fsp3) is 0.214. The molecule has 0 unspecified atom stereocenters. The summed E-state index contributed by atoms with van der Waals surface area (Å²) in [6.07, 6.45) is 0. The van der Waals surface area contributed by atoms with E-state index in [4.69, 9.17) is 16.3 Å². The molecule has 6 heteroatoms. The average Bonchev–Trinajstić information content (AvgIpc) is 2.83. The standard InChI is InChI=1S/C14H13BrClNO2S/c1-2-19-14(18)9-3-5-12(11(15)7-9)17-8-10-4-6-13(16)20-10/h3-7,17H,2,8H2,1H3. The average molecular weight is 375 g/mol. The van der Waals surface area contributed by atoms with Crippen LogP contribution in [-0.4, -0.2) is 12.6 Å². The molecule has 2 rings (SSSR count). The normalized spacial score (nSPS) is 10.3. The number of anilines is 1. The highest BCUT2D eigenvalue weighted by molar-refractivity contribution is 9.10. The van der Waals surface area contributed by atoms with Gasteiger partial charge in [-0.2, -0.15) is 0 Å². The van der Waals surface area contributed by atoms with Gasteiger partial charge in [-0.25, -0.2) is 4.79 Å². The summed E-state index contributed by atoms with van der Waals surface area (Å²) in [6.45, 7) is 2.85. The summed E-state index contributed by atoms with van der Waals surface area (Å²) in [6, 6.07) is 9.21. The van der Waals surface area contributed by atoms with Crippen LogP contribution < -0.4 is 5.32 Å². The number of hydrogen-bond donors (Lipinski definition) is 1. The Bertz CT molecular complexity index is 615. The molecular weight excluding hydrogens is 362 g/mol. The summed E-state index contributed by atoms with van der Waals surface area (Å²) >= 11 is 10.9. The Labute approximate surface area is 135 Å². The summed E-state index contributed by atoms with van der Waals surface area (Å²) in [5.74, 6) is -0.315. The van der Waals surface area contributed by atoms with Gasteiger partial charge in [0.05, 0.1) is 16.5 Å². The Kier molecular flexibility index (Phi) is 5.46. The van der Waals surface area contributed by atoms with E-state index in [0.717, 1.165) is 19.4 Å². The van der Waals surface area contributed by atoms with Crippen molar-refractivity contribution in [2.45, 2.75) is 13.5 Å². The minimum Gasteiger partial charge on any atom is -0.462 e. The predicted molar refractivity (Wildman–Crippen MR) is 86.8 cm³/mol. The molecule has 0 fully saturated rings. The quantitative estimate of drug-likeness (QED) is 0.752. The zero-order chi connectivity index (χ0) is 14.5. The van der Waals surface area contributed by atoms with Crippen LogP contribution in [0.5, 0.6) is 0 Å². The van der Waals surface area contributed by atoms with Crippen LogP contribution in [-0.2, 0) is 11.3 Å². The van der Waals surface area contributed by atoms with Gasteiger partial charge in [0.15, 0.2) is 0 Å². The van der Waals surface area contributed by atoms with Crippen molar-refractivity contribution in [3.05, 3.63) is 49.6 Å². The number of hydrogen-bond acceptors (Lipinski definition) is 4. The Morgan fingerprint density at radius 1 is 1.40 bits per heavy atom. The first kappa shape index (κ1) is 15.4. The van der Waals surface area contributed by atoms with Crippen LogP contribution in [0.2, 0.25) is 4.34 Å². The Balaban J connectivity index is 2.04. The second-order valence-electron chi connectivity index (χ2n) is 3.97. The van der Waals surface area contributed by atoms with Gasteiger partial charge < -0.3 is 10.1 Å². The summed E-state index contributed by atoms with van der Waals surface area (Å²) in [5.41, 5.74) is 1.45. The van der Waals surface area contributed by atoms with Gasteiger partial charge in [-0.05, 0) is 53.2 Å². The van der Waals surface area contributed by atoms with Gasteiger partial charge in [0, 0.05) is 21.6 Å². The van der Waals surface area contributed by atoms with Crippen molar-refractivity contribution in [1.29, 1.82) is 0 Å². The molecule has 0 atom stereocenters. The zero-order valence-electron chi connectivity index (χ0n) is 10.8. The van der Waals surface area contributed by atoms with E-state index in [2.05, 4.69) is 21.2 Å². The van der Waals surface area contributed by atoms with Crippen LogP contribution in [0.15, 0.2) is 34.8 Å². The second kappa shape index (κ2) is 7.11. The highest BCUT2D eigenvalue weighted by atomic mass is 79.9. The molecule has 3 nitrogen and oxygen atoms in total. The number of carbonyl (C=O) groups is 1. The maximum absolute atomic E-state index is 11.6. The molecule has 20 heavy (non-hydrogen) atoms. The molecule has 0 saturated heterocycles. The highest BCUT2D eigenvalue weighted by Gasteiger charge is 2.09. The topological polar surface area (TPSA) is 38.3 Å². The van der Waals surface area contributed by atoms with Gasteiger partial charge in [0.1, 0.15) is 0 Å². The molecule has 1 heterocycles. The van der Waals surface area contributed by atoms with E-state index in [0.29, 0.717) is 18.7 Å². The lowest BCUT2D eigenvalue weighted by Crippen LogP contribution is -2.05. The lowest BCUT2D eigenvalue weighted by Gasteiger charge is -2.09. The third kappa shape index (κ3) is 3.98. The van der Waals surface area contributed by atoms with Gasteiger partial charge >= 0.3 is 5.97 Å². The summed E-state index contributed by atoms with van der Waals surface area (Å²) < 4.78 is 6.56. The number of ether oxygens (including phenoxy) is 1. The van der Waals surface area contributed by atoms with Crippen molar-refractivity contribution in [3.8, 4) is 0 Å². The summed E-state index contributed by atoms with van der Waals surface area (Å²) in [5, 5.41) is 3.29. The number of esters is 1. The van der Waals surface area contributed by atoms with E-state index < -0.39 is 0 Å². The maximum atomic E-state index is 11.6. The molecule has 106 valence electrons. The smallest absolute Gasteiger partial charge is 0.338 e. The van der Waals surface area contributed by atoms with Crippen molar-refractivity contribution < 1.29 is 9.53 Å². The summed E-state index contributed by atoms with van der Waals surface area (Å²) in [4.78, 5) is 12.8. The maximum Gasteiger partial charge on any atom is 0.338 e. The first-order valence-corrected chi connectivity index (χ1v) is 8.03. The molecule has 2 aromatic rings. The van der Waals surface area contributed by atoms with Crippen molar-refractivity contribution in [2.75, 3.05) is 11.9 Å². The minimum absolute atomic E-state index is 0.315. The van der Waals surface area contributed by atoms with E-state index >= 15 is 0 Å². The summed E-state index contributed by atoms with van der Waals surface area (Å²) in [7, 11) is 0. The van der Waals surface area contributed by atoms with Crippen LogP contribution in [0.4, 0.5) is 5.69 Å². The van der Waals surface area contributed by atoms with Gasteiger partial charge in [-0.15, -0.1) is 11.3 Å². The molecule has 0 bridgehead atoms. The molecule has 0 aliphatic carbocycles. The molecular formula is C14H13BrClNO2S. The van der Waals surface area contributed by atoms with Crippen LogP contribution in [0.3, 0.4) is 0 Å². The Morgan fingerprint density at radius 2 is 2.20 bits per heavy atom. The molecule has 0 aliphatic heterocycles. The molecule has 1 N–H and O–H groups in total. The van der Waals surface area contributed by atoms with Gasteiger partial charge in [-0.3, -0.25) is 0 Å². The van der Waals surface area contributed by atoms with Crippen LogP contribution in [0.25, 0.3) is 0 Å². The van der Waals surface area contributed by atoms with E-state index in [1.54, 1.807) is 30.4 Å². The van der Waals surface area contributed by atoms with Crippen molar-refractivity contribution in [2.24, 2.45) is 0 Å². The number of thiophene rings is 1. The SMILES string of the molecule is CCOC(=O)c1ccc(NCc2ccc(Cl)s2)c(Br)c1. The fourth-order valence-corrected chi connectivity index (χ4v) is 3.18. The molecule has 1 aromatic carbocycles. The second-order valence-corrected chi connectivity index (χ2v) is 6.63. The third-order valence-electron chi connectivity index (χ3n) is 2.56. The van der Waals surface area contributed by atoms with E-state index in [9.17, 15) is 4.79 Å². The number of rotatable bonds is 5. The molecule has 0 saturated carbocycles. The third-order valence-corrected chi connectivity index (χ3v) is 4.45. The van der Waals surface area contributed by atoms with Crippen molar-refractivity contribution in [1.82, 2.24) is 0 Å². The number of carbonyl (C=O) groups excluding carboxylic acids is 1. The largest absolute Gasteiger partial charge is 0.462 e. The first-order valence-electron chi connectivity index (χ1n) is 6.05. The Hall–Kier alpha value is -1.04. The predicted octanol–water partition coefficient (Wildman–Crippen LogP) is 4.95. The number of halogens is 2. The molecule has 0 spiro atoms. The van der Waals surface area contributed by atoms with Crippen molar-refractivity contribution in [3.63, 3.8) is 0 Å². The Morgan fingerprint density at radius 3 is 2.80 bits per heavy atom. The molecule has 0 aliphatic rings. The zero-order valence-corrected chi connectivity index (χ0v) is 13.9. The monoisotopic (exact) mass is 373 g/mol. The molecule has 1 aromatic heterocycles. The van der Waals surface area contributed by atoms with E-state index in [1.165, 1.54) is 0 Å². The van der Waals surface area contributed by atoms with Crippen molar-refractivity contribution >= 4 is 50.5 Å². The van der Waals surface area contributed by atoms with Gasteiger partial charge in [0.25, 0.3) is 0 Å². The van der Waals surface area contributed by atoms with Crippen LogP contribution in [0.1, 0.15) is 22.2 Å². The van der Waals surface area contributed by atoms with E-state index in [-0.39, 0.29) is 5.97 Å². The minimum atomic E-state index is -0.315. The fourth-order valence-electron chi connectivity index (χ4n) is 1.63. The van der Waals surface area contributed by atoms with Gasteiger partial charge in [-0.1, -0.05) is 11.6 Å². The molecule has 0 amide bonds.